The highest BCUT2D eigenvalue weighted by Crippen LogP contribution is 2.32. The summed E-state index contributed by atoms with van der Waals surface area (Å²) in [5.41, 5.74) is 2.92. The smallest absolute Gasteiger partial charge is 0.122 e. The van der Waals surface area contributed by atoms with Crippen molar-refractivity contribution in [1.82, 2.24) is 5.32 Å². The molecule has 0 aliphatic heterocycles. The lowest BCUT2D eigenvalue weighted by atomic mass is 10.0. The second kappa shape index (κ2) is 7.10. The van der Waals surface area contributed by atoms with Gasteiger partial charge in [0.2, 0.25) is 0 Å². The molecule has 0 radical (unpaired) electrons. The van der Waals surface area contributed by atoms with E-state index in [1.807, 2.05) is 18.4 Å². The first-order chi connectivity index (χ1) is 10.4. The van der Waals surface area contributed by atoms with E-state index in [-0.39, 0.29) is 0 Å². The SMILES string of the molecule is CNCCC(COc1cccc2c1CCC2)c1cccs1. The Balaban J connectivity index is 1.68. The van der Waals surface area contributed by atoms with Crippen molar-refractivity contribution in [2.24, 2.45) is 0 Å². The Bertz CT molecular complexity index is 565. The Labute approximate surface area is 131 Å². The summed E-state index contributed by atoms with van der Waals surface area (Å²) < 4.78 is 6.21. The van der Waals surface area contributed by atoms with Crippen LogP contribution in [-0.4, -0.2) is 20.2 Å². The molecule has 3 heteroatoms. The molecule has 0 fully saturated rings. The van der Waals surface area contributed by atoms with Gasteiger partial charge in [-0.1, -0.05) is 18.2 Å². The number of nitrogens with one attached hydrogen (secondary N) is 1. The lowest BCUT2D eigenvalue weighted by molar-refractivity contribution is 0.280. The number of benzene rings is 1. The van der Waals surface area contributed by atoms with Crippen LogP contribution in [0.3, 0.4) is 0 Å². The van der Waals surface area contributed by atoms with Gasteiger partial charge in [-0.15, -0.1) is 11.3 Å². The van der Waals surface area contributed by atoms with Crippen molar-refractivity contribution in [3.05, 3.63) is 51.7 Å². The molecule has 1 aliphatic carbocycles. The van der Waals surface area contributed by atoms with Gasteiger partial charge in [0.05, 0.1) is 6.61 Å². The molecule has 2 nitrogen and oxygen atoms in total. The molecule has 0 amide bonds. The molecule has 0 saturated carbocycles. The molecule has 0 saturated heterocycles. The Morgan fingerprint density at radius 2 is 2.19 bits per heavy atom. The third-order valence-electron chi connectivity index (χ3n) is 4.23. The largest absolute Gasteiger partial charge is 0.493 e. The number of hydrogen-bond donors (Lipinski definition) is 1. The van der Waals surface area contributed by atoms with Gasteiger partial charge in [-0.25, -0.2) is 0 Å². The number of aryl methyl sites for hydroxylation is 1. The molecule has 1 aliphatic rings. The second-order valence-electron chi connectivity index (χ2n) is 5.66. The monoisotopic (exact) mass is 301 g/mol. The molecule has 1 N–H and O–H groups in total. The molecule has 1 atom stereocenters. The molecule has 0 bridgehead atoms. The van der Waals surface area contributed by atoms with Crippen LogP contribution in [0, 0.1) is 0 Å². The topological polar surface area (TPSA) is 21.3 Å². The predicted octanol–water partition coefficient (Wildman–Crippen LogP) is 4.01. The lowest BCUT2D eigenvalue weighted by Crippen LogP contribution is -2.17. The fourth-order valence-electron chi connectivity index (χ4n) is 3.06. The second-order valence-corrected chi connectivity index (χ2v) is 6.64. The maximum Gasteiger partial charge on any atom is 0.122 e. The molecule has 0 spiro atoms. The van der Waals surface area contributed by atoms with Gasteiger partial charge in [0.15, 0.2) is 0 Å². The predicted molar refractivity (Wildman–Crippen MR) is 89.6 cm³/mol. The maximum atomic E-state index is 6.21. The number of hydrogen-bond acceptors (Lipinski definition) is 3. The average molecular weight is 301 g/mol. The van der Waals surface area contributed by atoms with Crippen LogP contribution in [-0.2, 0) is 12.8 Å². The molecular weight excluding hydrogens is 278 g/mol. The summed E-state index contributed by atoms with van der Waals surface area (Å²) in [6, 6.07) is 10.9. The number of rotatable bonds is 7. The molecule has 1 aromatic heterocycles. The van der Waals surface area contributed by atoms with E-state index in [0.717, 1.165) is 25.3 Å². The summed E-state index contributed by atoms with van der Waals surface area (Å²) in [7, 11) is 2.01. The first-order valence-electron chi connectivity index (χ1n) is 7.80. The van der Waals surface area contributed by atoms with Crippen molar-refractivity contribution in [2.75, 3.05) is 20.2 Å². The van der Waals surface area contributed by atoms with Crippen LogP contribution in [0.4, 0.5) is 0 Å². The molecular formula is C18H23NOS. The van der Waals surface area contributed by atoms with E-state index in [9.17, 15) is 0 Å². The van der Waals surface area contributed by atoms with E-state index >= 15 is 0 Å². The van der Waals surface area contributed by atoms with Crippen molar-refractivity contribution in [1.29, 1.82) is 0 Å². The molecule has 112 valence electrons. The van der Waals surface area contributed by atoms with E-state index in [4.69, 9.17) is 4.74 Å². The van der Waals surface area contributed by atoms with Crippen LogP contribution in [0.25, 0.3) is 0 Å². The van der Waals surface area contributed by atoms with E-state index < -0.39 is 0 Å². The van der Waals surface area contributed by atoms with Crippen LogP contribution < -0.4 is 10.1 Å². The Kier molecular flexibility index (Phi) is 4.94. The van der Waals surface area contributed by atoms with Crippen molar-refractivity contribution < 1.29 is 4.74 Å². The van der Waals surface area contributed by atoms with Crippen LogP contribution in [0.2, 0.25) is 0 Å². The van der Waals surface area contributed by atoms with Gasteiger partial charge in [-0.2, -0.15) is 0 Å². The third kappa shape index (κ3) is 3.47. The Morgan fingerprint density at radius 3 is 3.00 bits per heavy atom. The highest BCUT2D eigenvalue weighted by molar-refractivity contribution is 7.10. The van der Waals surface area contributed by atoms with E-state index in [0.29, 0.717) is 5.92 Å². The van der Waals surface area contributed by atoms with E-state index in [1.54, 1.807) is 0 Å². The number of thiophene rings is 1. The standard InChI is InChI=1S/C18H23NOS/c1-19-11-10-15(18-9-4-12-21-18)13-20-17-8-3-6-14-5-2-7-16(14)17/h3-4,6,8-9,12,15,19H,2,5,7,10-11,13H2,1H3. The van der Waals surface area contributed by atoms with Gasteiger partial charge in [-0.05, 0) is 67.9 Å². The van der Waals surface area contributed by atoms with Crippen LogP contribution in [0.5, 0.6) is 5.75 Å². The molecule has 1 heterocycles. The summed E-state index contributed by atoms with van der Waals surface area (Å²) in [5.74, 6) is 1.59. The van der Waals surface area contributed by atoms with Gasteiger partial charge in [0.1, 0.15) is 5.75 Å². The van der Waals surface area contributed by atoms with E-state index in [1.165, 1.54) is 35.3 Å². The summed E-state index contributed by atoms with van der Waals surface area (Å²) in [6.07, 6.45) is 4.77. The van der Waals surface area contributed by atoms with Crippen molar-refractivity contribution in [2.45, 2.75) is 31.6 Å². The fraction of sp³-hybridized carbons (Fsp3) is 0.444. The van der Waals surface area contributed by atoms with Gasteiger partial charge in [-0.3, -0.25) is 0 Å². The van der Waals surface area contributed by atoms with Crippen molar-refractivity contribution >= 4 is 11.3 Å². The molecule has 3 rings (SSSR count). The zero-order valence-corrected chi connectivity index (χ0v) is 13.4. The minimum atomic E-state index is 0.481. The maximum absolute atomic E-state index is 6.21. The first kappa shape index (κ1) is 14.6. The highest BCUT2D eigenvalue weighted by atomic mass is 32.1. The van der Waals surface area contributed by atoms with Crippen molar-refractivity contribution in [3.63, 3.8) is 0 Å². The van der Waals surface area contributed by atoms with Crippen molar-refractivity contribution in [3.8, 4) is 5.75 Å². The number of ether oxygens (including phenoxy) is 1. The normalized spacial score (nSPS) is 14.9. The molecule has 1 aromatic carbocycles. The minimum Gasteiger partial charge on any atom is -0.493 e. The Morgan fingerprint density at radius 1 is 1.24 bits per heavy atom. The molecule has 2 aromatic rings. The van der Waals surface area contributed by atoms with Crippen LogP contribution in [0.15, 0.2) is 35.7 Å². The Hall–Kier alpha value is -1.32. The van der Waals surface area contributed by atoms with Gasteiger partial charge < -0.3 is 10.1 Å². The average Bonchev–Trinajstić information content (AvgIpc) is 3.18. The minimum absolute atomic E-state index is 0.481. The van der Waals surface area contributed by atoms with Gasteiger partial charge >= 0.3 is 0 Å². The summed E-state index contributed by atoms with van der Waals surface area (Å²) in [6.45, 7) is 1.80. The zero-order chi connectivity index (χ0) is 14.5. The zero-order valence-electron chi connectivity index (χ0n) is 12.6. The van der Waals surface area contributed by atoms with Crippen LogP contribution >= 0.6 is 11.3 Å². The summed E-state index contributed by atoms with van der Waals surface area (Å²) >= 11 is 1.83. The van der Waals surface area contributed by atoms with E-state index in [2.05, 4.69) is 41.0 Å². The lowest BCUT2D eigenvalue weighted by Gasteiger charge is -2.18. The summed E-state index contributed by atoms with van der Waals surface area (Å²) in [5, 5.41) is 5.40. The van der Waals surface area contributed by atoms with Gasteiger partial charge in [0, 0.05) is 10.8 Å². The third-order valence-corrected chi connectivity index (χ3v) is 5.27. The van der Waals surface area contributed by atoms with Crippen LogP contribution in [0.1, 0.15) is 34.8 Å². The van der Waals surface area contributed by atoms with Gasteiger partial charge in [0.25, 0.3) is 0 Å². The fourth-order valence-corrected chi connectivity index (χ4v) is 3.91. The number of fused-ring (bicyclic) bond motifs is 1. The summed E-state index contributed by atoms with van der Waals surface area (Å²) in [4.78, 5) is 1.43. The quantitative estimate of drug-likeness (QED) is 0.834. The molecule has 1 unspecified atom stereocenters. The first-order valence-corrected chi connectivity index (χ1v) is 8.68. The highest BCUT2D eigenvalue weighted by Gasteiger charge is 2.18. The molecule has 21 heavy (non-hydrogen) atoms.